The first-order chi connectivity index (χ1) is 12.7. The van der Waals surface area contributed by atoms with Crippen LogP contribution < -0.4 is 15.0 Å². The molecule has 0 atom stereocenters. The summed E-state index contributed by atoms with van der Waals surface area (Å²) >= 11 is 0. The molecule has 0 heterocycles. The summed E-state index contributed by atoms with van der Waals surface area (Å²) in [5, 5.41) is 3.16. The van der Waals surface area contributed by atoms with Crippen LogP contribution in [0.2, 0.25) is 0 Å². The van der Waals surface area contributed by atoms with Crippen LogP contribution in [0.15, 0.2) is 48.5 Å². The van der Waals surface area contributed by atoms with Crippen LogP contribution in [-0.2, 0) is 0 Å². The quantitative estimate of drug-likeness (QED) is 0.779. The van der Waals surface area contributed by atoms with Gasteiger partial charge in [-0.25, -0.2) is 4.79 Å². The average Bonchev–Trinajstić information content (AvgIpc) is 2.69. The summed E-state index contributed by atoms with van der Waals surface area (Å²) in [6, 6.07) is 15.5. The van der Waals surface area contributed by atoms with Crippen molar-refractivity contribution in [3.63, 3.8) is 0 Å². The third-order valence-electron chi connectivity index (χ3n) is 5.13. The van der Waals surface area contributed by atoms with Crippen molar-refractivity contribution < 1.29 is 9.53 Å². The number of urea groups is 1. The van der Waals surface area contributed by atoms with E-state index >= 15 is 0 Å². The molecule has 1 N–H and O–H groups in total. The number of carbonyl (C=O) groups excluding carboxylic acids is 1. The van der Waals surface area contributed by atoms with E-state index in [-0.39, 0.29) is 6.03 Å². The van der Waals surface area contributed by atoms with Crippen LogP contribution in [0, 0.1) is 12.8 Å². The molecule has 3 rings (SSSR count). The number of nitrogens with one attached hydrogen (secondary N) is 1. The van der Waals surface area contributed by atoms with Gasteiger partial charge in [0.1, 0.15) is 5.75 Å². The summed E-state index contributed by atoms with van der Waals surface area (Å²) in [6.07, 6.45) is 6.31. The number of rotatable bonds is 5. The fourth-order valence-corrected chi connectivity index (χ4v) is 3.65. The monoisotopic (exact) mass is 352 g/mol. The van der Waals surface area contributed by atoms with E-state index in [1.165, 1.54) is 32.1 Å². The highest BCUT2D eigenvalue weighted by atomic mass is 16.5. The minimum absolute atomic E-state index is 0.0740. The van der Waals surface area contributed by atoms with Gasteiger partial charge in [-0.2, -0.15) is 0 Å². The van der Waals surface area contributed by atoms with Crippen LogP contribution >= 0.6 is 0 Å². The van der Waals surface area contributed by atoms with Crippen LogP contribution in [-0.4, -0.2) is 19.7 Å². The van der Waals surface area contributed by atoms with Gasteiger partial charge in [-0.3, -0.25) is 4.90 Å². The summed E-state index contributed by atoms with van der Waals surface area (Å²) < 4.78 is 5.30. The highest BCUT2D eigenvalue weighted by Crippen LogP contribution is 2.31. The molecule has 1 aliphatic carbocycles. The molecule has 2 aromatic rings. The Balaban J connectivity index is 1.82. The minimum atomic E-state index is -0.0740. The first-order valence-electron chi connectivity index (χ1n) is 9.46. The van der Waals surface area contributed by atoms with Gasteiger partial charge in [-0.15, -0.1) is 0 Å². The Bertz CT molecular complexity index is 724. The van der Waals surface area contributed by atoms with E-state index in [0.29, 0.717) is 5.92 Å². The molecule has 2 amide bonds. The summed E-state index contributed by atoms with van der Waals surface area (Å²) in [5.41, 5.74) is 2.74. The zero-order valence-electron chi connectivity index (χ0n) is 15.7. The Morgan fingerprint density at radius 2 is 1.85 bits per heavy atom. The number of ether oxygens (including phenoxy) is 1. The number of para-hydroxylation sites is 1. The first-order valence-corrected chi connectivity index (χ1v) is 9.46. The van der Waals surface area contributed by atoms with E-state index in [9.17, 15) is 4.79 Å². The van der Waals surface area contributed by atoms with Gasteiger partial charge in [-0.1, -0.05) is 37.5 Å². The molecule has 0 unspecified atom stereocenters. The second-order valence-corrected chi connectivity index (χ2v) is 7.01. The van der Waals surface area contributed by atoms with Gasteiger partial charge < -0.3 is 10.1 Å². The summed E-state index contributed by atoms with van der Waals surface area (Å²) in [7, 11) is 1.65. The SMILES string of the molecule is COc1ccc(N(C(=O)NCC2CCCCC2)c2ccccc2)c(C)c1. The van der Waals surface area contributed by atoms with Crippen molar-refractivity contribution >= 4 is 17.4 Å². The van der Waals surface area contributed by atoms with Gasteiger partial charge in [0, 0.05) is 6.54 Å². The molecule has 0 saturated heterocycles. The molecule has 0 aromatic heterocycles. The highest BCUT2D eigenvalue weighted by Gasteiger charge is 2.21. The molecule has 4 heteroatoms. The fourth-order valence-electron chi connectivity index (χ4n) is 3.65. The molecule has 4 nitrogen and oxygen atoms in total. The Morgan fingerprint density at radius 1 is 1.12 bits per heavy atom. The Kier molecular flexibility index (Phi) is 6.16. The number of aryl methyl sites for hydroxylation is 1. The van der Waals surface area contributed by atoms with Crippen LogP contribution in [0.5, 0.6) is 5.75 Å². The van der Waals surface area contributed by atoms with Crippen molar-refractivity contribution in [2.24, 2.45) is 5.92 Å². The van der Waals surface area contributed by atoms with Crippen molar-refractivity contribution in [3.8, 4) is 5.75 Å². The lowest BCUT2D eigenvalue weighted by Gasteiger charge is -2.27. The zero-order chi connectivity index (χ0) is 18.4. The molecule has 0 bridgehead atoms. The maximum Gasteiger partial charge on any atom is 0.326 e. The molecule has 26 heavy (non-hydrogen) atoms. The van der Waals surface area contributed by atoms with Crippen molar-refractivity contribution in [3.05, 3.63) is 54.1 Å². The van der Waals surface area contributed by atoms with E-state index < -0.39 is 0 Å². The lowest BCUT2D eigenvalue weighted by atomic mass is 9.89. The maximum absolute atomic E-state index is 13.1. The van der Waals surface area contributed by atoms with Gasteiger partial charge in [0.05, 0.1) is 18.5 Å². The molecular formula is C22H28N2O2. The van der Waals surface area contributed by atoms with Crippen molar-refractivity contribution in [2.45, 2.75) is 39.0 Å². The summed E-state index contributed by atoms with van der Waals surface area (Å²) in [4.78, 5) is 14.8. The third kappa shape index (κ3) is 4.37. The van der Waals surface area contributed by atoms with Crippen LogP contribution in [0.25, 0.3) is 0 Å². The standard InChI is InChI=1S/C22H28N2O2/c1-17-15-20(26-2)13-14-21(17)24(19-11-7-4-8-12-19)22(25)23-16-18-9-5-3-6-10-18/h4,7-8,11-15,18H,3,5-6,9-10,16H2,1-2H3,(H,23,25). The van der Waals surface area contributed by atoms with Gasteiger partial charge in [-0.05, 0) is 61.6 Å². The van der Waals surface area contributed by atoms with Crippen molar-refractivity contribution in [1.29, 1.82) is 0 Å². The number of methoxy groups -OCH3 is 1. The van der Waals surface area contributed by atoms with E-state index in [1.54, 1.807) is 12.0 Å². The molecule has 0 spiro atoms. The van der Waals surface area contributed by atoms with Gasteiger partial charge in [0.15, 0.2) is 0 Å². The van der Waals surface area contributed by atoms with Crippen LogP contribution in [0.3, 0.4) is 0 Å². The number of nitrogens with zero attached hydrogens (tertiary/aromatic N) is 1. The van der Waals surface area contributed by atoms with Crippen LogP contribution in [0.4, 0.5) is 16.2 Å². The molecule has 138 valence electrons. The first kappa shape index (κ1) is 18.3. The molecule has 0 aliphatic heterocycles. The van der Waals surface area contributed by atoms with Gasteiger partial charge in [0.25, 0.3) is 0 Å². The largest absolute Gasteiger partial charge is 0.497 e. The predicted octanol–water partition coefficient (Wildman–Crippen LogP) is 5.43. The number of carbonyl (C=O) groups is 1. The molecule has 1 saturated carbocycles. The topological polar surface area (TPSA) is 41.6 Å². The van der Waals surface area contributed by atoms with Crippen LogP contribution in [0.1, 0.15) is 37.7 Å². The molecular weight excluding hydrogens is 324 g/mol. The number of benzene rings is 2. The fraction of sp³-hybridized carbons (Fsp3) is 0.409. The maximum atomic E-state index is 13.1. The Labute approximate surface area is 156 Å². The predicted molar refractivity (Wildman–Crippen MR) is 106 cm³/mol. The second kappa shape index (κ2) is 8.75. The zero-order valence-corrected chi connectivity index (χ0v) is 15.7. The highest BCUT2D eigenvalue weighted by molar-refractivity contribution is 6.00. The summed E-state index contributed by atoms with van der Waals surface area (Å²) in [6.45, 7) is 2.75. The van der Waals surface area contributed by atoms with E-state index in [1.807, 2.05) is 55.5 Å². The number of amides is 2. The van der Waals surface area contributed by atoms with E-state index in [0.717, 1.165) is 29.2 Å². The van der Waals surface area contributed by atoms with Crippen molar-refractivity contribution in [2.75, 3.05) is 18.6 Å². The average molecular weight is 352 g/mol. The normalized spacial score (nSPS) is 14.7. The minimum Gasteiger partial charge on any atom is -0.497 e. The smallest absolute Gasteiger partial charge is 0.326 e. The van der Waals surface area contributed by atoms with E-state index in [2.05, 4.69) is 5.32 Å². The molecule has 1 fully saturated rings. The lowest BCUT2D eigenvalue weighted by molar-refractivity contribution is 0.244. The number of anilines is 2. The Morgan fingerprint density at radius 3 is 2.50 bits per heavy atom. The summed E-state index contributed by atoms with van der Waals surface area (Å²) in [5.74, 6) is 1.39. The molecule has 0 radical (unpaired) electrons. The third-order valence-corrected chi connectivity index (χ3v) is 5.13. The van der Waals surface area contributed by atoms with Gasteiger partial charge >= 0.3 is 6.03 Å². The Hall–Kier alpha value is -2.49. The molecule has 2 aromatic carbocycles. The van der Waals surface area contributed by atoms with E-state index in [4.69, 9.17) is 4.74 Å². The van der Waals surface area contributed by atoms with Gasteiger partial charge in [0.2, 0.25) is 0 Å². The number of hydrogen-bond donors (Lipinski definition) is 1. The lowest BCUT2D eigenvalue weighted by Crippen LogP contribution is -2.40. The van der Waals surface area contributed by atoms with Crippen molar-refractivity contribution in [1.82, 2.24) is 5.32 Å². The number of hydrogen-bond acceptors (Lipinski definition) is 2. The molecule has 1 aliphatic rings. The second-order valence-electron chi connectivity index (χ2n) is 7.01.